The second-order valence-electron chi connectivity index (χ2n) is 10.5. The molecule has 0 aromatic heterocycles. The lowest BCUT2D eigenvalue weighted by atomic mass is 10.1. The zero-order chi connectivity index (χ0) is 27.9. The van der Waals surface area contributed by atoms with Crippen LogP contribution in [0.1, 0.15) is 155 Å². The van der Waals surface area contributed by atoms with Crippen molar-refractivity contribution in [2.24, 2.45) is 0 Å². The third-order valence-corrected chi connectivity index (χ3v) is 6.72. The zero-order valence-electron chi connectivity index (χ0n) is 24.9. The van der Waals surface area contributed by atoms with Gasteiger partial charge in [0.1, 0.15) is 6.61 Å². The van der Waals surface area contributed by atoms with Gasteiger partial charge in [0.2, 0.25) is 0 Å². The molecule has 0 bridgehead atoms. The minimum Gasteiger partial charge on any atom is -0.462 e. The van der Waals surface area contributed by atoms with Gasteiger partial charge in [-0.3, -0.25) is 9.59 Å². The third kappa shape index (κ3) is 27.4. The summed E-state index contributed by atoms with van der Waals surface area (Å²) in [5.74, 6) is -0.615. The summed E-state index contributed by atoms with van der Waals surface area (Å²) in [6.07, 6.45) is 32.2. The van der Waals surface area contributed by atoms with Crippen LogP contribution in [0.2, 0.25) is 0 Å². The van der Waals surface area contributed by atoms with E-state index in [-0.39, 0.29) is 25.2 Å². The minimum absolute atomic E-state index is 0.0718. The Labute approximate surface area is 234 Å². The molecule has 0 aromatic carbocycles. The van der Waals surface area contributed by atoms with E-state index in [4.69, 9.17) is 9.47 Å². The van der Waals surface area contributed by atoms with Crippen molar-refractivity contribution in [3.05, 3.63) is 24.3 Å². The van der Waals surface area contributed by atoms with E-state index in [1.54, 1.807) is 0 Å². The van der Waals surface area contributed by atoms with Crippen LogP contribution in [0.3, 0.4) is 0 Å². The van der Waals surface area contributed by atoms with Gasteiger partial charge in [0.25, 0.3) is 0 Å². The quantitative estimate of drug-likeness (QED) is 0.0613. The molecule has 0 saturated carbocycles. The molecule has 0 spiro atoms. The van der Waals surface area contributed by atoms with Gasteiger partial charge in [0.15, 0.2) is 6.10 Å². The van der Waals surface area contributed by atoms with Gasteiger partial charge in [0, 0.05) is 12.8 Å². The molecule has 0 aromatic rings. The summed E-state index contributed by atoms with van der Waals surface area (Å²) in [7, 11) is 0. The van der Waals surface area contributed by atoms with Crippen LogP contribution >= 0.6 is 0 Å². The molecule has 5 heteroatoms. The molecule has 0 saturated heterocycles. The van der Waals surface area contributed by atoms with E-state index in [0.29, 0.717) is 12.8 Å². The highest BCUT2D eigenvalue weighted by atomic mass is 16.6. The fourth-order valence-corrected chi connectivity index (χ4v) is 4.23. The summed E-state index contributed by atoms with van der Waals surface area (Å²) < 4.78 is 10.5. The topological polar surface area (TPSA) is 72.8 Å². The molecule has 0 aliphatic heterocycles. The molecule has 38 heavy (non-hydrogen) atoms. The van der Waals surface area contributed by atoms with Gasteiger partial charge in [0.05, 0.1) is 6.61 Å². The van der Waals surface area contributed by atoms with E-state index < -0.39 is 6.10 Å². The average Bonchev–Trinajstić information content (AvgIpc) is 2.92. The van der Waals surface area contributed by atoms with Crippen LogP contribution in [-0.4, -0.2) is 36.4 Å². The first-order valence-corrected chi connectivity index (χ1v) is 15.9. The second kappa shape index (κ2) is 29.9. The van der Waals surface area contributed by atoms with Crippen molar-refractivity contribution in [1.29, 1.82) is 0 Å². The third-order valence-electron chi connectivity index (χ3n) is 6.72. The maximum atomic E-state index is 12.0. The van der Waals surface area contributed by atoms with Crippen LogP contribution in [0.25, 0.3) is 0 Å². The van der Waals surface area contributed by atoms with Crippen molar-refractivity contribution in [1.82, 2.24) is 0 Å². The smallest absolute Gasteiger partial charge is 0.306 e. The van der Waals surface area contributed by atoms with E-state index in [1.807, 2.05) is 0 Å². The molecule has 0 heterocycles. The Balaban J connectivity index is 3.62. The summed E-state index contributed by atoms with van der Waals surface area (Å²) >= 11 is 0. The molecule has 222 valence electrons. The Bertz CT molecular complexity index is 584. The molecule has 0 fully saturated rings. The molecule has 0 amide bonds. The maximum Gasteiger partial charge on any atom is 0.306 e. The van der Waals surface area contributed by atoms with Gasteiger partial charge in [-0.05, 0) is 57.8 Å². The zero-order valence-corrected chi connectivity index (χ0v) is 24.9. The Morgan fingerprint density at radius 1 is 0.579 bits per heavy atom. The fraction of sp³-hybridized carbons (Fsp3) is 0.818. The van der Waals surface area contributed by atoms with Crippen LogP contribution in [0.5, 0.6) is 0 Å². The lowest BCUT2D eigenvalue weighted by Gasteiger charge is -2.15. The number of allylic oxidation sites excluding steroid dienone is 4. The first kappa shape index (κ1) is 36.4. The van der Waals surface area contributed by atoms with Crippen LogP contribution < -0.4 is 0 Å². The summed E-state index contributed by atoms with van der Waals surface area (Å²) in [4.78, 5) is 24.0. The van der Waals surface area contributed by atoms with E-state index in [0.717, 1.165) is 51.4 Å². The monoisotopic (exact) mass is 536 g/mol. The normalized spacial score (nSPS) is 12.4. The van der Waals surface area contributed by atoms with Gasteiger partial charge in [-0.15, -0.1) is 0 Å². The number of aliphatic hydroxyl groups excluding tert-OH is 1. The molecule has 1 atom stereocenters. The number of aliphatic hydroxyl groups is 1. The number of carbonyl (C=O) groups is 2. The summed E-state index contributed by atoms with van der Waals surface area (Å²) in [6, 6.07) is 0. The average molecular weight is 537 g/mol. The maximum absolute atomic E-state index is 12.0. The van der Waals surface area contributed by atoms with E-state index in [9.17, 15) is 14.7 Å². The van der Waals surface area contributed by atoms with Crippen molar-refractivity contribution in [3.63, 3.8) is 0 Å². The molecular weight excluding hydrogens is 476 g/mol. The van der Waals surface area contributed by atoms with Gasteiger partial charge in [-0.25, -0.2) is 0 Å². The van der Waals surface area contributed by atoms with E-state index in [1.165, 1.54) is 77.0 Å². The van der Waals surface area contributed by atoms with Gasteiger partial charge in [-0.2, -0.15) is 0 Å². The largest absolute Gasteiger partial charge is 0.462 e. The fourth-order valence-electron chi connectivity index (χ4n) is 4.23. The molecule has 0 unspecified atom stereocenters. The lowest BCUT2D eigenvalue weighted by molar-refractivity contribution is -0.161. The first-order chi connectivity index (χ1) is 18.6. The summed E-state index contributed by atoms with van der Waals surface area (Å²) in [5.41, 5.74) is 0. The predicted molar refractivity (Wildman–Crippen MR) is 159 cm³/mol. The molecule has 5 nitrogen and oxygen atoms in total. The predicted octanol–water partition coefficient (Wildman–Crippen LogP) is 9.17. The lowest BCUT2D eigenvalue weighted by Crippen LogP contribution is -2.28. The van der Waals surface area contributed by atoms with E-state index in [2.05, 4.69) is 38.2 Å². The molecule has 0 aliphatic carbocycles. The number of carbonyl (C=O) groups excluding carboxylic acids is 2. The highest BCUT2D eigenvalue weighted by Gasteiger charge is 2.16. The highest BCUT2D eigenvalue weighted by Crippen LogP contribution is 2.11. The number of unbranched alkanes of at least 4 members (excludes halogenated alkanes) is 16. The molecule has 0 radical (unpaired) electrons. The van der Waals surface area contributed by atoms with Crippen LogP contribution in [-0.2, 0) is 19.1 Å². The Kier molecular flexibility index (Phi) is 28.7. The molecule has 0 rings (SSSR count). The van der Waals surface area contributed by atoms with Crippen molar-refractivity contribution < 1.29 is 24.2 Å². The summed E-state index contributed by atoms with van der Waals surface area (Å²) in [5, 5.41) is 9.47. The van der Waals surface area contributed by atoms with Crippen molar-refractivity contribution in [3.8, 4) is 0 Å². The Morgan fingerprint density at radius 2 is 1.00 bits per heavy atom. The second-order valence-corrected chi connectivity index (χ2v) is 10.5. The van der Waals surface area contributed by atoms with Crippen molar-refractivity contribution in [2.45, 2.75) is 161 Å². The van der Waals surface area contributed by atoms with Crippen LogP contribution in [0.15, 0.2) is 24.3 Å². The van der Waals surface area contributed by atoms with Crippen molar-refractivity contribution in [2.75, 3.05) is 13.2 Å². The minimum atomic E-state index is -0.773. The highest BCUT2D eigenvalue weighted by molar-refractivity contribution is 5.70. The summed E-state index contributed by atoms with van der Waals surface area (Å²) in [6.45, 7) is 4.04. The van der Waals surface area contributed by atoms with E-state index >= 15 is 0 Å². The number of hydrogen-bond acceptors (Lipinski definition) is 5. The number of esters is 2. The molecule has 0 aliphatic rings. The first-order valence-electron chi connectivity index (χ1n) is 15.9. The van der Waals surface area contributed by atoms with Crippen LogP contribution in [0.4, 0.5) is 0 Å². The van der Waals surface area contributed by atoms with Gasteiger partial charge >= 0.3 is 11.9 Å². The Hall–Kier alpha value is -1.62. The number of hydrogen-bond donors (Lipinski definition) is 1. The SMILES string of the molecule is CCCC/C=C/CCCCCCCC(=O)O[C@@H](CO)COC(=O)CCCCCCC/C=C/CCCCCC. The molecular formula is C33H60O5. The number of ether oxygens (including phenoxy) is 2. The van der Waals surface area contributed by atoms with Crippen LogP contribution in [0, 0.1) is 0 Å². The standard InChI is InChI=1S/C33H60O5/c1-3-5-7-9-11-13-15-16-18-19-21-23-25-27-32(35)37-30-31(29-34)38-33(36)28-26-24-22-20-17-14-12-10-8-6-4-2/h10,12-13,15,31,34H,3-9,11,14,16-30H2,1-2H3/b12-10+,15-13+/t31-/m0/s1. The number of rotatable bonds is 28. The van der Waals surface area contributed by atoms with Gasteiger partial charge in [-0.1, -0.05) is 109 Å². The Morgan fingerprint density at radius 3 is 1.50 bits per heavy atom. The van der Waals surface area contributed by atoms with Crippen molar-refractivity contribution >= 4 is 11.9 Å². The van der Waals surface area contributed by atoms with Gasteiger partial charge < -0.3 is 14.6 Å². The molecule has 1 N–H and O–H groups in total.